The Labute approximate surface area is 165 Å². The Morgan fingerprint density at radius 1 is 1.11 bits per heavy atom. The maximum Gasteiger partial charge on any atom is 0.242 e. The smallest absolute Gasteiger partial charge is 0.242 e. The first-order valence-corrected chi connectivity index (χ1v) is 9.94. The van der Waals surface area contributed by atoms with Crippen molar-refractivity contribution in [3.8, 4) is 0 Å². The molecule has 2 fully saturated rings. The minimum atomic E-state index is -0.306. The Morgan fingerprint density at radius 3 is 2.43 bits per heavy atom. The van der Waals surface area contributed by atoms with Crippen molar-refractivity contribution in [2.45, 2.75) is 45.7 Å². The molecule has 0 N–H and O–H groups in total. The molecule has 0 saturated carbocycles. The predicted octanol–water partition coefficient (Wildman–Crippen LogP) is 2.03. The molecular weight excluding hydrogens is 361 g/mol. The summed E-state index contributed by atoms with van der Waals surface area (Å²) in [6.45, 7) is 6.00. The average Bonchev–Trinajstić information content (AvgIpc) is 2.97. The van der Waals surface area contributed by atoms with Gasteiger partial charge in [-0.05, 0) is 30.0 Å². The minimum absolute atomic E-state index is 0.00410. The summed E-state index contributed by atoms with van der Waals surface area (Å²) in [5, 5.41) is 0. The molecule has 1 aromatic carbocycles. The molecule has 2 saturated heterocycles. The maximum atomic E-state index is 13.2. The third kappa shape index (κ3) is 4.69. The van der Waals surface area contributed by atoms with Gasteiger partial charge in [-0.3, -0.25) is 14.4 Å². The summed E-state index contributed by atoms with van der Waals surface area (Å²) in [6.07, 6.45) is 1.56. The molecule has 2 heterocycles. The topological polar surface area (TPSA) is 60.9 Å². The van der Waals surface area contributed by atoms with Gasteiger partial charge in [-0.25, -0.2) is 4.39 Å². The highest BCUT2D eigenvalue weighted by Gasteiger charge is 2.34. The van der Waals surface area contributed by atoms with Gasteiger partial charge >= 0.3 is 0 Å². The third-order valence-corrected chi connectivity index (χ3v) is 5.61. The first-order valence-electron chi connectivity index (χ1n) is 9.94. The second-order valence-electron chi connectivity index (χ2n) is 7.97. The average molecular weight is 389 g/mol. The summed E-state index contributed by atoms with van der Waals surface area (Å²) in [4.78, 5) is 42.6. The zero-order chi connectivity index (χ0) is 20.3. The van der Waals surface area contributed by atoms with E-state index in [9.17, 15) is 18.8 Å². The van der Waals surface area contributed by atoms with Gasteiger partial charge in [0.1, 0.15) is 5.82 Å². The lowest BCUT2D eigenvalue weighted by atomic mass is 10.0. The highest BCUT2D eigenvalue weighted by molar-refractivity contribution is 5.86. The SMILES string of the molecule is CC(C)C1CN(C(=O)CN2CCCC2=O)CCC(=O)N1Cc1ccc(F)cc1. The molecule has 28 heavy (non-hydrogen) atoms. The van der Waals surface area contributed by atoms with Crippen molar-refractivity contribution in [3.05, 3.63) is 35.6 Å². The first-order chi connectivity index (χ1) is 13.3. The lowest BCUT2D eigenvalue weighted by Gasteiger charge is -2.35. The molecule has 0 bridgehead atoms. The van der Waals surface area contributed by atoms with E-state index in [0.717, 1.165) is 12.0 Å². The molecule has 1 aromatic rings. The second kappa shape index (κ2) is 8.71. The van der Waals surface area contributed by atoms with E-state index < -0.39 is 0 Å². The van der Waals surface area contributed by atoms with Gasteiger partial charge in [-0.2, -0.15) is 0 Å². The number of nitrogens with zero attached hydrogens (tertiary/aromatic N) is 3. The van der Waals surface area contributed by atoms with E-state index in [0.29, 0.717) is 32.6 Å². The van der Waals surface area contributed by atoms with Crippen LogP contribution in [0.3, 0.4) is 0 Å². The molecule has 0 radical (unpaired) electrons. The van der Waals surface area contributed by atoms with Crippen LogP contribution in [-0.2, 0) is 20.9 Å². The number of amides is 3. The number of halogens is 1. The highest BCUT2D eigenvalue weighted by atomic mass is 19.1. The van der Waals surface area contributed by atoms with Crippen LogP contribution in [0.5, 0.6) is 0 Å². The van der Waals surface area contributed by atoms with Crippen LogP contribution in [0.4, 0.5) is 4.39 Å². The Kier molecular flexibility index (Phi) is 6.31. The molecule has 0 aliphatic carbocycles. The van der Waals surface area contributed by atoms with Gasteiger partial charge in [0.15, 0.2) is 0 Å². The van der Waals surface area contributed by atoms with Gasteiger partial charge in [0.25, 0.3) is 0 Å². The summed E-state index contributed by atoms with van der Waals surface area (Å²) >= 11 is 0. The first kappa shape index (κ1) is 20.3. The fraction of sp³-hybridized carbons (Fsp3) is 0.571. The van der Waals surface area contributed by atoms with E-state index in [1.165, 1.54) is 12.1 Å². The van der Waals surface area contributed by atoms with E-state index in [2.05, 4.69) is 0 Å². The molecule has 2 aliphatic rings. The van der Waals surface area contributed by atoms with Crippen molar-refractivity contribution in [2.75, 3.05) is 26.2 Å². The second-order valence-corrected chi connectivity index (χ2v) is 7.97. The van der Waals surface area contributed by atoms with Crippen molar-refractivity contribution in [1.29, 1.82) is 0 Å². The Morgan fingerprint density at radius 2 is 1.82 bits per heavy atom. The van der Waals surface area contributed by atoms with Gasteiger partial charge in [0, 0.05) is 39.0 Å². The number of hydrogen-bond donors (Lipinski definition) is 0. The number of rotatable bonds is 5. The molecule has 3 amide bonds. The summed E-state index contributed by atoms with van der Waals surface area (Å²) in [5.41, 5.74) is 0.864. The fourth-order valence-electron chi connectivity index (χ4n) is 3.90. The quantitative estimate of drug-likeness (QED) is 0.774. The number of carbonyl (C=O) groups excluding carboxylic acids is 3. The van der Waals surface area contributed by atoms with Crippen molar-refractivity contribution < 1.29 is 18.8 Å². The van der Waals surface area contributed by atoms with Crippen molar-refractivity contribution in [1.82, 2.24) is 14.7 Å². The monoisotopic (exact) mass is 389 g/mol. The molecule has 0 spiro atoms. The van der Waals surface area contributed by atoms with Crippen molar-refractivity contribution in [2.24, 2.45) is 5.92 Å². The van der Waals surface area contributed by atoms with Crippen molar-refractivity contribution >= 4 is 17.7 Å². The summed E-state index contributed by atoms with van der Waals surface area (Å²) in [7, 11) is 0. The van der Waals surface area contributed by atoms with E-state index in [4.69, 9.17) is 0 Å². The van der Waals surface area contributed by atoms with Gasteiger partial charge in [0.2, 0.25) is 17.7 Å². The minimum Gasteiger partial charge on any atom is -0.339 e. The zero-order valence-corrected chi connectivity index (χ0v) is 16.6. The van der Waals surface area contributed by atoms with Crippen LogP contribution in [-0.4, -0.2) is 64.6 Å². The Hall–Kier alpha value is -2.44. The standard InChI is InChI=1S/C21H28FN3O3/c1-15(2)18-13-24(21(28)14-23-10-3-4-19(23)26)11-9-20(27)25(18)12-16-5-7-17(22)8-6-16/h5-8,15,18H,3-4,9-14H2,1-2H3. The summed E-state index contributed by atoms with van der Waals surface area (Å²) in [6, 6.07) is 6.04. The molecule has 2 aliphatic heterocycles. The number of carbonyl (C=O) groups is 3. The molecule has 152 valence electrons. The van der Waals surface area contributed by atoms with Gasteiger partial charge in [0.05, 0.1) is 12.6 Å². The van der Waals surface area contributed by atoms with Crippen LogP contribution in [0.25, 0.3) is 0 Å². The van der Waals surface area contributed by atoms with Crippen molar-refractivity contribution in [3.63, 3.8) is 0 Å². The van der Waals surface area contributed by atoms with Gasteiger partial charge in [-0.1, -0.05) is 26.0 Å². The van der Waals surface area contributed by atoms with Crippen LogP contribution in [0.1, 0.15) is 38.7 Å². The molecular formula is C21H28FN3O3. The van der Waals surface area contributed by atoms with Crippen LogP contribution in [0.15, 0.2) is 24.3 Å². The Bertz CT molecular complexity index is 735. The molecule has 1 unspecified atom stereocenters. The zero-order valence-electron chi connectivity index (χ0n) is 16.6. The van der Waals surface area contributed by atoms with Crippen LogP contribution < -0.4 is 0 Å². The molecule has 3 rings (SSSR count). The fourth-order valence-corrected chi connectivity index (χ4v) is 3.90. The number of benzene rings is 1. The molecule has 7 heteroatoms. The van der Waals surface area contributed by atoms with Crippen LogP contribution >= 0.6 is 0 Å². The van der Waals surface area contributed by atoms with E-state index in [1.807, 2.05) is 18.7 Å². The maximum absolute atomic E-state index is 13.2. The summed E-state index contributed by atoms with van der Waals surface area (Å²) < 4.78 is 13.2. The van der Waals surface area contributed by atoms with E-state index in [1.54, 1.807) is 21.9 Å². The van der Waals surface area contributed by atoms with Gasteiger partial charge < -0.3 is 14.7 Å². The Balaban J connectivity index is 1.72. The van der Waals surface area contributed by atoms with Crippen LogP contribution in [0, 0.1) is 11.7 Å². The normalized spacial score (nSPS) is 20.9. The lowest BCUT2D eigenvalue weighted by molar-refractivity contribution is -0.138. The van der Waals surface area contributed by atoms with Gasteiger partial charge in [-0.15, -0.1) is 0 Å². The van der Waals surface area contributed by atoms with Crippen LogP contribution in [0.2, 0.25) is 0 Å². The van der Waals surface area contributed by atoms with E-state index >= 15 is 0 Å². The third-order valence-electron chi connectivity index (χ3n) is 5.61. The summed E-state index contributed by atoms with van der Waals surface area (Å²) in [5.74, 6) is -0.226. The molecule has 1 atom stereocenters. The number of likely N-dealkylation sites (tertiary alicyclic amines) is 1. The predicted molar refractivity (Wildman–Crippen MR) is 103 cm³/mol. The largest absolute Gasteiger partial charge is 0.339 e. The lowest BCUT2D eigenvalue weighted by Crippen LogP contribution is -2.48. The van der Waals surface area contributed by atoms with E-state index in [-0.39, 0.29) is 48.5 Å². The molecule has 0 aromatic heterocycles. The number of hydrogen-bond acceptors (Lipinski definition) is 3. The highest BCUT2D eigenvalue weighted by Crippen LogP contribution is 2.22. The molecule has 6 nitrogen and oxygen atoms in total.